The average molecular weight is 296 g/mol. The first-order chi connectivity index (χ1) is 10.2. The summed E-state index contributed by atoms with van der Waals surface area (Å²) in [6.07, 6.45) is 0.810. The van der Waals surface area contributed by atoms with Crippen LogP contribution in [0.4, 0.5) is 4.79 Å². The molecule has 0 atom stereocenters. The van der Waals surface area contributed by atoms with E-state index in [-0.39, 0.29) is 6.61 Å². The lowest BCUT2D eigenvalue weighted by molar-refractivity contribution is 0.0906. The Labute approximate surface area is 123 Å². The summed E-state index contributed by atoms with van der Waals surface area (Å²) in [6, 6.07) is 6.49. The maximum atomic E-state index is 11.7. The smallest absolute Gasteiger partial charge is 0.426 e. The lowest BCUT2D eigenvalue weighted by atomic mass is 10.2. The minimum atomic E-state index is -0.700. The number of unbranched alkanes of at least 4 members (excludes halogenated alkanes) is 1. The zero-order chi connectivity index (χ0) is 15.5. The second kappa shape index (κ2) is 9.60. The van der Waals surface area contributed by atoms with Crippen LogP contribution in [-0.4, -0.2) is 39.4 Å². The molecule has 1 rings (SSSR count). The highest BCUT2D eigenvalue weighted by molar-refractivity contribution is 5.95. The number of benzene rings is 1. The molecular weight excluding hydrogens is 276 g/mol. The molecule has 0 aliphatic heterocycles. The van der Waals surface area contributed by atoms with Gasteiger partial charge in [-0.15, -0.1) is 0 Å². The summed E-state index contributed by atoms with van der Waals surface area (Å²) in [6.45, 7) is 0.896. The van der Waals surface area contributed by atoms with Crippen LogP contribution in [0, 0.1) is 0 Å². The molecule has 7 heteroatoms. The van der Waals surface area contributed by atoms with E-state index in [0.717, 1.165) is 6.42 Å². The van der Waals surface area contributed by atoms with Crippen LogP contribution in [0.15, 0.2) is 24.3 Å². The highest BCUT2D eigenvalue weighted by Gasteiger charge is 2.07. The second-order valence-corrected chi connectivity index (χ2v) is 4.14. The molecule has 1 aromatic carbocycles. The van der Waals surface area contributed by atoms with Gasteiger partial charge < -0.3 is 14.2 Å². The largest absolute Gasteiger partial charge is 0.497 e. The van der Waals surface area contributed by atoms with Crippen LogP contribution >= 0.6 is 0 Å². The van der Waals surface area contributed by atoms with E-state index in [9.17, 15) is 9.59 Å². The molecule has 0 fully saturated rings. The van der Waals surface area contributed by atoms with Gasteiger partial charge in [-0.05, 0) is 37.1 Å². The van der Waals surface area contributed by atoms with E-state index in [1.807, 2.05) is 0 Å². The first-order valence-corrected chi connectivity index (χ1v) is 6.53. The van der Waals surface area contributed by atoms with Crippen molar-refractivity contribution in [2.75, 3.05) is 27.4 Å². The lowest BCUT2D eigenvalue weighted by Gasteiger charge is -2.08. The minimum Gasteiger partial charge on any atom is -0.497 e. The third-order valence-electron chi connectivity index (χ3n) is 2.61. The number of methoxy groups -OCH3 is 2. The highest BCUT2D eigenvalue weighted by Crippen LogP contribution is 2.10. The van der Waals surface area contributed by atoms with Crippen LogP contribution in [0.3, 0.4) is 0 Å². The van der Waals surface area contributed by atoms with Crippen molar-refractivity contribution >= 4 is 12.0 Å². The summed E-state index contributed by atoms with van der Waals surface area (Å²) in [7, 11) is 3.15. The number of amides is 2. The second-order valence-electron chi connectivity index (χ2n) is 4.14. The van der Waals surface area contributed by atoms with Gasteiger partial charge in [-0.25, -0.2) is 10.2 Å². The maximum Gasteiger partial charge on any atom is 0.426 e. The molecule has 0 bridgehead atoms. The van der Waals surface area contributed by atoms with E-state index in [4.69, 9.17) is 14.2 Å². The number of hydrazine groups is 1. The molecule has 0 heterocycles. The fraction of sp³-hybridized carbons (Fsp3) is 0.429. The highest BCUT2D eigenvalue weighted by atomic mass is 16.6. The number of carbonyl (C=O) groups excluding carboxylic acids is 2. The maximum absolute atomic E-state index is 11.7. The fourth-order valence-corrected chi connectivity index (χ4v) is 1.47. The Bertz CT molecular complexity index is 447. The van der Waals surface area contributed by atoms with Crippen LogP contribution in [0.25, 0.3) is 0 Å². The molecule has 116 valence electrons. The van der Waals surface area contributed by atoms with Gasteiger partial charge in [0.05, 0.1) is 13.7 Å². The topological polar surface area (TPSA) is 85.9 Å². The van der Waals surface area contributed by atoms with Gasteiger partial charge in [0.1, 0.15) is 5.75 Å². The summed E-state index contributed by atoms with van der Waals surface area (Å²) in [5, 5.41) is 0. The first kappa shape index (κ1) is 16.8. The number of nitrogens with one attached hydrogen (secondary N) is 2. The SMILES string of the molecule is COCCCCOC(=O)NNC(=O)c1ccc(OC)cc1. The molecular formula is C14H20N2O5. The lowest BCUT2D eigenvalue weighted by Crippen LogP contribution is -2.42. The summed E-state index contributed by atoms with van der Waals surface area (Å²) in [4.78, 5) is 23.0. The van der Waals surface area contributed by atoms with Gasteiger partial charge in [0, 0.05) is 19.3 Å². The van der Waals surface area contributed by atoms with Crippen molar-refractivity contribution in [3.8, 4) is 5.75 Å². The van der Waals surface area contributed by atoms with Crippen molar-refractivity contribution in [3.63, 3.8) is 0 Å². The Morgan fingerprint density at radius 1 is 1.00 bits per heavy atom. The fourth-order valence-electron chi connectivity index (χ4n) is 1.47. The standard InChI is InChI=1S/C14H20N2O5/c1-19-9-3-4-10-21-14(18)16-15-13(17)11-5-7-12(20-2)8-6-11/h5-8H,3-4,9-10H2,1-2H3,(H,15,17)(H,16,18). The number of hydrogen-bond donors (Lipinski definition) is 2. The molecule has 2 amide bonds. The zero-order valence-electron chi connectivity index (χ0n) is 12.2. The Kier molecular flexibility index (Phi) is 7.67. The van der Waals surface area contributed by atoms with Crippen LogP contribution in [-0.2, 0) is 9.47 Å². The number of carbonyl (C=O) groups is 2. The van der Waals surface area contributed by atoms with Crippen molar-refractivity contribution in [1.29, 1.82) is 0 Å². The summed E-state index contributed by atoms with van der Waals surface area (Å²) < 4.78 is 14.7. The van der Waals surface area contributed by atoms with Gasteiger partial charge in [0.15, 0.2) is 0 Å². The Hall–Kier alpha value is -2.28. The van der Waals surface area contributed by atoms with Crippen molar-refractivity contribution < 1.29 is 23.8 Å². The summed E-state index contributed by atoms with van der Waals surface area (Å²) in [5.41, 5.74) is 4.84. The van der Waals surface area contributed by atoms with Gasteiger partial charge in [0.25, 0.3) is 5.91 Å². The van der Waals surface area contributed by atoms with Gasteiger partial charge in [-0.2, -0.15) is 0 Å². The quantitative estimate of drug-likeness (QED) is 0.588. The summed E-state index contributed by atoms with van der Waals surface area (Å²) >= 11 is 0. The minimum absolute atomic E-state index is 0.271. The van der Waals surface area contributed by atoms with E-state index in [1.165, 1.54) is 0 Å². The summed E-state index contributed by atoms with van der Waals surface area (Å²) in [5.74, 6) is 0.212. The zero-order valence-corrected chi connectivity index (χ0v) is 12.2. The van der Waals surface area contributed by atoms with Gasteiger partial charge in [0.2, 0.25) is 0 Å². The predicted molar refractivity (Wildman–Crippen MR) is 76.1 cm³/mol. The molecule has 0 saturated carbocycles. The Balaban J connectivity index is 2.23. The first-order valence-electron chi connectivity index (χ1n) is 6.53. The van der Waals surface area contributed by atoms with Crippen molar-refractivity contribution in [3.05, 3.63) is 29.8 Å². The molecule has 0 aromatic heterocycles. The van der Waals surface area contributed by atoms with E-state index >= 15 is 0 Å². The van der Waals surface area contributed by atoms with Gasteiger partial charge >= 0.3 is 6.09 Å². The van der Waals surface area contributed by atoms with Crippen molar-refractivity contribution in [2.24, 2.45) is 0 Å². The van der Waals surface area contributed by atoms with Crippen LogP contribution in [0.1, 0.15) is 23.2 Å². The number of rotatable bonds is 7. The van der Waals surface area contributed by atoms with Crippen LogP contribution in [0.2, 0.25) is 0 Å². The van der Waals surface area contributed by atoms with Crippen molar-refractivity contribution in [2.45, 2.75) is 12.8 Å². The van der Waals surface area contributed by atoms with Gasteiger partial charge in [-0.1, -0.05) is 0 Å². The molecule has 0 aliphatic rings. The van der Waals surface area contributed by atoms with E-state index < -0.39 is 12.0 Å². The third kappa shape index (κ3) is 6.62. The third-order valence-corrected chi connectivity index (χ3v) is 2.61. The van der Waals surface area contributed by atoms with Crippen molar-refractivity contribution in [1.82, 2.24) is 10.9 Å². The molecule has 7 nitrogen and oxygen atoms in total. The molecule has 21 heavy (non-hydrogen) atoms. The van der Waals surface area contributed by atoms with E-state index in [0.29, 0.717) is 24.3 Å². The molecule has 0 radical (unpaired) electrons. The van der Waals surface area contributed by atoms with Gasteiger partial charge in [-0.3, -0.25) is 10.2 Å². The number of ether oxygens (including phenoxy) is 3. The average Bonchev–Trinajstić information content (AvgIpc) is 2.52. The number of hydrogen-bond acceptors (Lipinski definition) is 5. The molecule has 2 N–H and O–H groups in total. The van der Waals surface area contributed by atoms with Crippen LogP contribution in [0.5, 0.6) is 5.75 Å². The van der Waals surface area contributed by atoms with Crippen LogP contribution < -0.4 is 15.6 Å². The molecule has 0 aliphatic carbocycles. The van der Waals surface area contributed by atoms with E-state index in [1.54, 1.807) is 38.5 Å². The predicted octanol–water partition coefficient (Wildman–Crippen LogP) is 1.49. The Morgan fingerprint density at radius 3 is 2.29 bits per heavy atom. The normalized spacial score (nSPS) is 9.81. The van der Waals surface area contributed by atoms with E-state index in [2.05, 4.69) is 10.9 Å². The monoisotopic (exact) mass is 296 g/mol. The molecule has 0 saturated heterocycles. The molecule has 0 spiro atoms. The molecule has 0 unspecified atom stereocenters. The Morgan fingerprint density at radius 2 is 1.67 bits per heavy atom. The molecule has 1 aromatic rings.